The second kappa shape index (κ2) is 12.1. The highest BCUT2D eigenvalue weighted by atomic mass is 79.9. The molecular weight excluding hydrogens is 554 g/mol. The Balaban J connectivity index is 1.53. The topological polar surface area (TPSA) is 98.1 Å². The van der Waals surface area contributed by atoms with Crippen LogP contribution >= 0.6 is 27.7 Å². The number of aryl methyl sites for hydroxylation is 1. The van der Waals surface area contributed by atoms with Crippen molar-refractivity contribution in [2.75, 3.05) is 18.2 Å². The van der Waals surface area contributed by atoms with E-state index in [0.717, 1.165) is 21.3 Å². The molecule has 8 nitrogen and oxygen atoms in total. The van der Waals surface area contributed by atoms with Crippen molar-refractivity contribution in [1.29, 1.82) is 0 Å². The Labute approximate surface area is 228 Å². The van der Waals surface area contributed by atoms with Gasteiger partial charge in [0.15, 0.2) is 11.0 Å². The summed E-state index contributed by atoms with van der Waals surface area (Å²) in [5.41, 5.74) is 4.30. The molecule has 37 heavy (non-hydrogen) atoms. The molecule has 4 rings (SSSR count). The Morgan fingerprint density at radius 3 is 2.43 bits per heavy atom. The minimum absolute atomic E-state index is 0.150. The van der Waals surface area contributed by atoms with Gasteiger partial charge in [0.2, 0.25) is 5.91 Å². The maximum Gasteiger partial charge on any atom is 0.251 e. The van der Waals surface area contributed by atoms with Gasteiger partial charge in [0.25, 0.3) is 5.91 Å². The molecule has 0 saturated carbocycles. The number of hydrogen-bond donors (Lipinski definition) is 2. The van der Waals surface area contributed by atoms with Gasteiger partial charge in [0.05, 0.1) is 25.1 Å². The second-order valence-corrected chi connectivity index (χ2v) is 10.1. The van der Waals surface area contributed by atoms with Crippen molar-refractivity contribution < 1.29 is 14.3 Å². The number of carbonyl (C=O) groups is 2. The molecule has 4 aromatic rings. The molecule has 2 amide bonds. The van der Waals surface area contributed by atoms with Crippen molar-refractivity contribution in [1.82, 2.24) is 20.1 Å². The average molecular weight is 581 g/mol. The van der Waals surface area contributed by atoms with Crippen LogP contribution in [0.4, 0.5) is 5.69 Å². The zero-order valence-corrected chi connectivity index (χ0v) is 23.0. The van der Waals surface area contributed by atoms with Gasteiger partial charge in [-0.3, -0.25) is 14.2 Å². The molecule has 0 aliphatic heterocycles. The third-order valence-electron chi connectivity index (χ3n) is 5.74. The van der Waals surface area contributed by atoms with Gasteiger partial charge in [-0.05, 0) is 79.6 Å². The molecule has 190 valence electrons. The van der Waals surface area contributed by atoms with Crippen molar-refractivity contribution in [3.63, 3.8) is 0 Å². The molecule has 1 heterocycles. The van der Waals surface area contributed by atoms with Crippen LogP contribution in [0.15, 0.2) is 76.4 Å². The third kappa shape index (κ3) is 6.58. The first kappa shape index (κ1) is 26.4. The number of benzene rings is 3. The monoisotopic (exact) mass is 579 g/mol. The Hall–Kier alpha value is -3.63. The first-order chi connectivity index (χ1) is 17.9. The van der Waals surface area contributed by atoms with Crippen molar-refractivity contribution in [3.8, 4) is 11.4 Å². The summed E-state index contributed by atoms with van der Waals surface area (Å²) in [6, 6.07) is 20.3. The summed E-state index contributed by atoms with van der Waals surface area (Å²) < 4.78 is 7.99. The third-order valence-corrected chi connectivity index (χ3v) is 7.19. The number of nitrogens with one attached hydrogen (secondary N) is 2. The Kier molecular flexibility index (Phi) is 8.62. The van der Waals surface area contributed by atoms with Crippen molar-refractivity contribution in [2.24, 2.45) is 0 Å². The van der Waals surface area contributed by atoms with Crippen LogP contribution in [0.25, 0.3) is 5.69 Å². The number of carbonyl (C=O) groups excluding carboxylic acids is 2. The summed E-state index contributed by atoms with van der Waals surface area (Å²) in [6.45, 7) is 4.22. The van der Waals surface area contributed by atoms with Gasteiger partial charge in [-0.25, -0.2) is 0 Å². The number of methoxy groups -OCH3 is 1. The first-order valence-electron chi connectivity index (χ1n) is 11.5. The fourth-order valence-corrected chi connectivity index (χ4v) is 4.62. The number of anilines is 1. The fraction of sp³-hybridized carbons (Fsp3) is 0.185. The molecule has 0 aliphatic rings. The van der Waals surface area contributed by atoms with Gasteiger partial charge in [-0.1, -0.05) is 39.8 Å². The van der Waals surface area contributed by atoms with E-state index in [2.05, 4.69) is 36.8 Å². The summed E-state index contributed by atoms with van der Waals surface area (Å²) in [4.78, 5) is 25.3. The fourth-order valence-electron chi connectivity index (χ4n) is 3.59. The van der Waals surface area contributed by atoms with Crippen LogP contribution < -0.4 is 15.4 Å². The molecule has 0 bridgehead atoms. The lowest BCUT2D eigenvalue weighted by molar-refractivity contribution is -0.113. The molecule has 0 spiro atoms. The van der Waals surface area contributed by atoms with Gasteiger partial charge < -0.3 is 15.4 Å². The number of aromatic nitrogens is 3. The van der Waals surface area contributed by atoms with Crippen LogP contribution in [0.1, 0.15) is 27.3 Å². The van der Waals surface area contributed by atoms with E-state index in [1.165, 1.54) is 11.8 Å². The van der Waals surface area contributed by atoms with Crippen molar-refractivity contribution >= 4 is 45.2 Å². The minimum atomic E-state index is -0.235. The summed E-state index contributed by atoms with van der Waals surface area (Å²) in [7, 11) is 1.58. The van der Waals surface area contributed by atoms with Crippen LogP contribution in [0.3, 0.4) is 0 Å². The smallest absolute Gasteiger partial charge is 0.251 e. The van der Waals surface area contributed by atoms with Gasteiger partial charge in [-0.2, -0.15) is 0 Å². The summed E-state index contributed by atoms with van der Waals surface area (Å²) in [5.74, 6) is 0.999. The number of amides is 2. The van der Waals surface area contributed by atoms with Crippen LogP contribution in [-0.2, 0) is 11.3 Å². The molecule has 0 saturated heterocycles. The number of thioether (sulfide) groups is 1. The molecule has 1 aromatic heterocycles. The van der Waals surface area contributed by atoms with Crippen LogP contribution in [0, 0.1) is 13.8 Å². The maximum atomic E-state index is 12.7. The molecule has 0 fully saturated rings. The van der Waals surface area contributed by atoms with E-state index in [4.69, 9.17) is 4.74 Å². The molecule has 0 aliphatic carbocycles. The molecule has 0 atom stereocenters. The van der Waals surface area contributed by atoms with E-state index in [0.29, 0.717) is 28.0 Å². The zero-order valence-electron chi connectivity index (χ0n) is 20.6. The lowest BCUT2D eigenvalue weighted by Crippen LogP contribution is -2.24. The summed E-state index contributed by atoms with van der Waals surface area (Å²) in [5, 5.41) is 15.1. The normalized spacial score (nSPS) is 10.7. The maximum absolute atomic E-state index is 12.7. The Morgan fingerprint density at radius 2 is 1.73 bits per heavy atom. The highest BCUT2D eigenvalue weighted by Crippen LogP contribution is 2.26. The van der Waals surface area contributed by atoms with Gasteiger partial charge in [-0.15, -0.1) is 10.2 Å². The average Bonchev–Trinajstić information content (AvgIpc) is 3.31. The lowest BCUT2D eigenvalue weighted by Gasteiger charge is -2.15. The SMILES string of the molecule is COc1ccc(C(=O)NCc2nnc(SCC(=O)Nc3ccc(Br)cc3)n2-c2cccc(C)c2C)cc1. The first-order valence-corrected chi connectivity index (χ1v) is 13.2. The van der Waals surface area contributed by atoms with Gasteiger partial charge >= 0.3 is 0 Å². The van der Waals surface area contributed by atoms with Crippen molar-refractivity contribution in [2.45, 2.75) is 25.5 Å². The molecule has 10 heteroatoms. The quantitative estimate of drug-likeness (QED) is 0.260. The number of halogens is 1. The lowest BCUT2D eigenvalue weighted by atomic mass is 10.1. The highest BCUT2D eigenvalue weighted by Gasteiger charge is 2.19. The van der Waals surface area contributed by atoms with E-state index in [9.17, 15) is 9.59 Å². The number of rotatable bonds is 9. The minimum Gasteiger partial charge on any atom is -0.497 e. The van der Waals surface area contributed by atoms with Crippen molar-refractivity contribution in [3.05, 3.63) is 93.7 Å². The highest BCUT2D eigenvalue weighted by molar-refractivity contribution is 9.10. The summed E-state index contributed by atoms with van der Waals surface area (Å²) in [6.07, 6.45) is 0. The van der Waals surface area contributed by atoms with E-state index >= 15 is 0 Å². The van der Waals surface area contributed by atoms with Crippen LogP contribution in [0.5, 0.6) is 5.75 Å². The zero-order chi connectivity index (χ0) is 26.4. The Morgan fingerprint density at radius 1 is 1.00 bits per heavy atom. The molecule has 3 aromatic carbocycles. The number of nitrogens with zero attached hydrogens (tertiary/aromatic N) is 3. The van der Waals surface area contributed by atoms with E-state index in [1.54, 1.807) is 31.4 Å². The standard InChI is InChI=1S/C27H26BrN5O3S/c1-17-5-4-6-23(18(17)2)33-24(15-29-26(35)19-7-13-22(36-3)14-8-19)31-32-27(33)37-16-25(34)30-21-11-9-20(28)10-12-21/h4-14H,15-16H2,1-3H3,(H,29,35)(H,30,34). The van der Waals surface area contributed by atoms with Crippen LogP contribution in [-0.4, -0.2) is 39.4 Å². The predicted octanol–water partition coefficient (Wildman–Crippen LogP) is 5.32. The van der Waals surface area contributed by atoms with E-state index < -0.39 is 0 Å². The summed E-state index contributed by atoms with van der Waals surface area (Å²) >= 11 is 4.67. The molecular formula is C27H26BrN5O3S. The molecule has 2 N–H and O–H groups in total. The number of hydrogen-bond acceptors (Lipinski definition) is 6. The number of ether oxygens (including phenoxy) is 1. The van der Waals surface area contributed by atoms with Crippen LogP contribution in [0.2, 0.25) is 0 Å². The molecule has 0 unspecified atom stereocenters. The largest absolute Gasteiger partial charge is 0.497 e. The van der Waals surface area contributed by atoms with Gasteiger partial charge in [0, 0.05) is 15.7 Å². The van der Waals surface area contributed by atoms with E-state index in [-0.39, 0.29) is 24.1 Å². The molecule has 0 radical (unpaired) electrons. The Bertz CT molecular complexity index is 1400. The van der Waals surface area contributed by atoms with Gasteiger partial charge in [0.1, 0.15) is 5.75 Å². The predicted molar refractivity (Wildman–Crippen MR) is 148 cm³/mol. The van der Waals surface area contributed by atoms with E-state index in [1.807, 2.05) is 60.9 Å². The second-order valence-electron chi connectivity index (χ2n) is 8.21.